The van der Waals surface area contributed by atoms with Crippen LogP contribution in [0.3, 0.4) is 0 Å². The quantitative estimate of drug-likeness (QED) is 0.646. The third kappa shape index (κ3) is 2.98. The van der Waals surface area contributed by atoms with E-state index >= 15 is 0 Å². The predicted octanol–water partition coefficient (Wildman–Crippen LogP) is 2.40. The Morgan fingerprint density at radius 1 is 1.47 bits per heavy atom. The molecule has 1 aromatic rings. The molecule has 1 saturated carbocycles. The number of carboxylic acids is 1. The van der Waals surface area contributed by atoms with E-state index in [2.05, 4.69) is 5.32 Å². The smallest absolute Gasteiger partial charge is 0.306 e. The maximum absolute atomic E-state index is 13.0. The molecule has 1 fully saturated rings. The molecule has 6 nitrogen and oxygen atoms in total. The van der Waals surface area contributed by atoms with Crippen molar-refractivity contribution in [3.8, 4) is 0 Å². The van der Waals surface area contributed by atoms with Crippen molar-refractivity contribution in [1.29, 1.82) is 0 Å². The Bertz CT molecular complexity index is 520. The van der Waals surface area contributed by atoms with Gasteiger partial charge in [-0.2, -0.15) is 0 Å². The summed E-state index contributed by atoms with van der Waals surface area (Å²) in [6.45, 7) is 0. The van der Waals surface area contributed by atoms with Gasteiger partial charge in [0, 0.05) is 6.04 Å². The second-order valence-corrected chi connectivity index (χ2v) is 4.61. The molecule has 0 bridgehead atoms. The summed E-state index contributed by atoms with van der Waals surface area (Å²) in [6, 6.07) is 3.16. The zero-order chi connectivity index (χ0) is 14.0. The summed E-state index contributed by atoms with van der Waals surface area (Å²) < 4.78 is 13.0. The lowest BCUT2D eigenvalue weighted by Gasteiger charge is -2.13. The SMILES string of the molecule is O=C(O)C1CCC(Nc2ccc(F)cc2[N+](=O)[O-])C1. The van der Waals surface area contributed by atoms with Gasteiger partial charge in [0.15, 0.2) is 0 Å². The monoisotopic (exact) mass is 268 g/mol. The Balaban J connectivity index is 2.12. The Morgan fingerprint density at radius 2 is 2.21 bits per heavy atom. The topological polar surface area (TPSA) is 92.5 Å². The van der Waals surface area contributed by atoms with Gasteiger partial charge in [-0.15, -0.1) is 0 Å². The maximum atomic E-state index is 13.0. The number of rotatable bonds is 4. The molecule has 0 radical (unpaired) electrons. The molecule has 2 unspecified atom stereocenters. The molecule has 1 aliphatic rings. The number of anilines is 1. The summed E-state index contributed by atoms with van der Waals surface area (Å²) in [5.74, 6) is -1.94. The summed E-state index contributed by atoms with van der Waals surface area (Å²) in [5.41, 5.74) is -0.110. The molecule has 0 saturated heterocycles. The van der Waals surface area contributed by atoms with Gasteiger partial charge in [0.25, 0.3) is 5.69 Å². The van der Waals surface area contributed by atoms with Crippen molar-refractivity contribution in [1.82, 2.24) is 0 Å². The predicted molar refractivity (Wildman–Crippen MR) is 65.4 cm³/mol. The van der Waals surface area contributed by atoms with Crippen molar-refractivity contribution < 1.29 is 19.2 Å². The highest BCUT2D eigenvalue weighted by Crippen LogP contribution is 2.32. The number of carboxylic acid groups (broad SMARTS) is 1. The molecular weight excluding hydrogens is 255 g/mol. The average Bonchev–Trinajstić information content (AvgIpc) is 2.80. The molecule has 2 N–H and O–H groups in total. The maximum Gasteiger partial charge on any atom is 0.306 e. The van der Waals surface area contributed by atoms with Crippen LogP contribution in [0.15, 0.2) is 18.2 Å². The first-order valence-corrected chi connectivity index (χ1v) is 5.90. The lowest BCUT2D eigenvalue weighted by Crippen LogP contribution is -2.18. The largest absolute Gasteiger partial charge is 0.481 e. The van der Waals surface area contributed by atoms with E-state index < -0.39 is 22.6 Å². The molecule has 1 aromatic carbocycles. The minimum absolute atomic E-state index is 0.134. The fraction of sp³-hybridized carbons (Fsp3) is 0.417. The molecular formula is C12H13FN2O4. The van der Waals surface area contributed by atoms with E-state index in [4.69, 9.17) is 5.11 Å². The minimum atomic E-state index is -0.849. The van der Waals surface area contributed by atoms with Crippen LogP contribution in [0.5, 0.6) is 0 Å². The van der Waals surface area contributed by atoms with Crippen LogP contribution in [0.4, 0.5) is 15.8 Å². The van der Waals surface area contributed by atoms with Crippen molar-refractivity contribution in [3.63, 3.8) is 0 Å². The first-order chi connectivity index (χ1) is 8.97. The van der Waals surface area contributed by atoms with Crippen molar-refractivity contribution in [2.75, 3.05) is 5.32 Å². The third-order valence-electron chi connectivity index (χ3n) is 3.30. The van der Waals surface area contributed by atoms with Gasteiger partial charge in [-0.05, 0) is 31.4 Å². The minimum Gasteiger partial charge on any atom is -0.481 e. The Morgan fingerprint density at radius 3 is 2.79 bits per heavy atom. The number of nitro groups is 1. The zero-order valence-electron chi connectivity index (χ0n) is 10.0. The number of benzene rings is 1. The van der Waals surface area contributed by atoms with Gasteiger partial charge in [-0.3, -0.25) is 14.9 Å². The van der Waals surface area contributed by atoms with Crippen LogP contribution in [-0.2, 0) is 4.79 Å². The first-order valence-electron chi connectivity index (χ1n) is 5.90. The average molecular weight is 268 g/mol. The van der Waals surface area contributed by atoms with Gasteiger partial charge < -0.3 is 10.4 Å². The highest BCUT2D eigenvalue weighted by Gasteiger charge is 2.30. The van der Waals surface area contributed by atoms with E-state index in [1.165, 1.54) is 6.07 Å². The summed E-state index contributed by atoms with van der Waals surface area (Å²) in [4.78, 5) is 21.0. The molecule has 0 aromatic heterocycles. The van der Waals surface area contributed by atoms with Crippen LogP contribution in [-0.4, -0.2) is 22.0 Å². The molecule has 1 aliphatic carbocycles. The summed E-state index contributed by atoms with van der Waals surface area (Å²) in [6.07, 6.45) is 1.59. The van der Waals surface area contributed by atoms with Crippen LogP contribution in [0.2, 0.25) is 0 Å². The lowest BCUT2D eigenvalue weighted by molar-refractivity contribution is -0.384. The van der Waals surface area contributed by atoms with Crippen LogP contribution < -0.4 is 5.32 Å². The van der Waals surface area contributed by atoms with E-state index in [0.717, 1.165) is 12.1 Å². The molecule has 0 heterocycles. The fourth-order valence-corrected chi connectivity index (χ4v) is 2.33. The van der Waals surface area contributed by atoms with Gasteiger partial charge >= 0.3 is 5.97 Å². The van der Waals surface area contributed by atoms with E-state index in [0.29, 0.717) is 19.3 Å². The van der Waals surface area contributed by atoms with Crippen LogP contribution in [0.25, 0.3) is 0 Å². The van der Waals surface area contributed by atoms with Crippen molar-refractivity contribution in [2.45, 2.75) is 25.3 Å². The molecule has 2 atom stereocenters. The van der Waals surface area contributed by atoms with E-state index in [1.54, 1.807) is 0 Å². The second-order valence-electron chi connectivity index (χ2n) is 4.61. The van der Waals surface area contributed by atoms with Crippen molar-refractivity contribution in [2.24, 2.45) is 5.92 Å². The summed E-state index contributed by atoms with van der Waals surface area (Å²) in [7, 11) is 0. The number of carbonyl (C=O) groups is 1. The molecule has 7 heteroatoms. The normalized spacial score (nSPS) is 22.2. The number of nitrogens with zero attached hydrogens (tertiary/aromatic N) is 1. The van der Waals surface area contributed by atoms with Crippen LogP contribution in [0, 0.1) is 21.8 Å². The van der Waals surface area contributed by atoms with Gasteiger partial charge in [-0.1, -0.05) is 0 Å². The van der Waals surface area contributed by atoms with Crippen molar-refractivity contribution >= 4 is 17.3 Å². The number of nitrogens with one attached hydrogen (secondary N) is 1. The highest BCUT2D eigenvalue weighted by molar-refractivity contribution is 5.71. The number of aliphatic carboxylic acids is 1. The molecule has 19 heavy (non-hydrogen) atoms. The first kappa shape index (κ1) is 13.3. The Hall–Kier alpha value is -2.18. The molecule has 0 amide bonds. The van der Waals surface area contributed by atoms with E-state index in [9.17, 15) is 19.3 Å². The standard InChI is InChI=1S/C12H13FN2O4/c13-8-2-4-10(11(6-8)15(18)19)14-9-3-1-7(5-9)12(16)17/h2,4,6-7,9,14H,1,3,5H2,(H,16,17). The zero-order valence-corrected chi connectivity index (χ0v) is 10.0. The van der Waals surface area contributed by atoms with Crippen LogP contribution >= 0.6 is 0 Å². The number of halogens is 1. The molecule has 0 aliphatic heterocycles. The molecule has 2 rings (SSSR count). The lowest BCUT2D eigenvalue weighted by atomic mass is 10.1. The fourth-order valence-electron chi connectivity index (χ4n) is 2.33. The number of nitro benzene ring substituents is 1. The van der Waals surface area contributed by atoms with Gasteiger partial charge in [0.05, 0.1) is 16.9 Å². The summed E-state index contributed by atoms with van der Waals surface area (Å²) >= 11 is 0. The third-order valence-corrected chi connectivity index (χ3v) is 3.30. The van der Waals surface area contributed by atoms with Gasteiger partial charge in [0.1, 0.15) is 11.5 Å². The van der Waals surface area contributed by atoms with E-state index in [-0.39, 0.29) is 17.4 Å². The van der Waals surface area contributed by atoms with E-state index in [1.807, 2.05) is 0 Å². The van der Waals surface area contributed by atoms with Crippen molar-refractivity contribution in [3.05, 3.63) is 34.1 Å². The van der Waals surface area contributed by atoms with Gasteiger partial charge in [-0.25, -0.2) is 4.39 Å². The van der Waals surface area contributed by atoms with Gasteiger partial charge in [0.2, 0.25) is 0 Å². The number of hydrogen-bond donors (Lipinski definition) is 2. The second kappa shape index (κ2) is 5.21. The molecule has 102 valence electrons. The Kier molecular flexibility index (Phi) is 3.64. The molecule has 0 spiro atoms. The summed E-state index contributed by atoms with van der Waals surface area (Å²) in [5, 5.41) is 22.6. The Labute approximate surface area is 108 Å². The van der Waals surface area contributed by atoms with Crippen LogP contribution in [0.1, 0.15) is 19.3 Å². The highest BCUT2D eigenvalue weighted by atomic mass is 19.1. The number of hydrogen-bond acceptors (Lipinski definition) is 4.